The molecule has 1 fully saturated rings. The van der Waals surface area contributed by atoms with Gasteiger partial charge in [-0.2, -0.15) is 0 Å². The zero-order valence-electron chi connectivity index (χ0n) is 5.86. The molecule has 2 unspecified atom stereocenters. The number of aliphatic hydroxyl groups is 1. The predicted molar refractivity (Wildman–Crippen MR) is 36.4 cm³/mol. The van der Waals surface area contributed by atoms with Crippen LogP contribution < -0.4 is 5.73 Å². The van der Waals surface area contributed by atoms with Gasteiger partial charge in [0.1, 0.15) is 24.4 Å². The zero-order valence-corrected chi connectivity index (χ0v) is 5.86. The van der Waals surface area contributed by atoms with Gasteiger partial charge in [0.05, 0.1) is 0 Å². The second kappa shape index (κ2) is 2.34. The average molecular weight is 155 g/mol. The first-order valence-corrected chi connectivity index (χ1v) is 3.42. The molecule has 4 nitrogen and oxygen atoms in total. The average Bonchev–Trinajstić information content (AvgIpc) is 2.59. The molecule has 0 spiro atoms. The molecule has 2 rings (SSSR count). The number of hydrogen-bond donors (Lipinski definition) is 2. The molecule has 3 N–H and O–H groups in total. The first-order chi connectivity index (χ1) is 5.31. The summed E-state index contributed by atoms with van der Waals surface area (Å²) in [6, 6.07) is 3.48. The van der Waals surface area contributed by atoms with Gasteiger partial charge in [0.25, 0.3) is 0 Å². The van der Waals surface area contributed by atoms with Gasteiger partial charge in [-0.15, -0.1) is 0 Å². The van der Waals surface area contributed by atoms with Crippen molar-refractivity contribution in [3.8, 4) is 0 Å². The molecule has 1 saturated heterocycles. The first-order valence-electron chi connectivity index (χ1n) is 3.42. The Bertz CT molecular complexity index is 258. The van der Waals surface area contributed by atoms with E-state index < -0.39 is 0 Å². The van der Waals surface area contributed by atoms with Crippen molar-refractivity contribution in [2.75, 3.05) is 0 Å². The highest BCUT2D eigenvalue weighted by molar-refractivity contribution is 5.13. The van der Waals surface area contributed by atoms with E-state index in [-0.39, 0.29) is 18.9 Å². The van der Waals surface area contributed by atoms with Crippen LogP contribution in [-0.4, -0.2) is 11.3 Å². The summed E-state index contributed by atoms with van der Waals surface area (Å²) in [5, 5.41) is 8.65. The van der Waals surface area contributed by atoms with Crippen molar-refractivity contribution < 1.29 is 14.3 Å². The van der Waals surface area contributed by atoms with Crippen LogP contribution in [0, 0.1) is 0 Å². The predicted octanol–water partition coefficient (Wildman–Crippen LogP) is 0.128. The lowest BCUT2D eigenvalue weighted by molar-refractivity contribution is 0.239. The summed E-state index contributed by atoms with van der Waals surface area (Å²) < 4.78 is 10.1. The third-order valence-corrected chi connectivity index (χ3v) is 1.64. The Labute approximate surface area is 63.6 Å². The third-order valence-electron chi connectivity index (χ3n) is 1.64. The Morgan fingerprint density at radius 2 is 2.27 bits per heavy atom. The minimum atomic E-state index is -0.229. The molecule has 0 amide bonds. The summed E-state index contributed by atoms with van der Waals surface area (Å²) in [6.45, 7) is -0.0814. The fourth-order valence-corrected chi connectivity index (χ4v) is 0.985. The van der Waals surface area contributed by atoms with Crippen LogP contribution in [0.5, 0.6) is 0 Å². The SMILES string of the molecule is NC1OC1c1ccc(CO)o1. The van der Waals surface area contributed by atoms with Gasteiger partial charge in [0.15, 0.2) is 6.10 Å². The second-order valence-electron chi connectivity index (χ2n) is 2.48. The molecule has 1 aromatic rings. The fourth-order valence-electron chi connectivity index (χ4n) is 0.985. The lowest BCUT2D eigenvalue weighted by Gasteiger charge is -1.87. The van der Waals surface area contributed by atoms with E-state index in [1.54, 1.807) is 12.1 Å². The monoisotopic (exact) mass is 155 g/mol. The summed E-state index contributed by atoms with van der Waals surface area (Å²) in [4.78, 5) is 0. The van der Waals surface area contributed by atoms with Crippen molar-refractivity contribution in [1.29, 1.82) is 0 Å². The van der Waals surface area contributed by atoms with Gasteiger partial charge in [0.2, 0.25) is 0 Å². The lowest BCUT2D eigenvalue weighted by Crippen LogP contribution is -2.00. The van der Waals surface area contributed by atoms with Gasteiger partial charge in [-0.1, -0.05) is 0 Å². The second-order valence-corrected chi connectivity index (χ2v) is 2.48. The maximum absolute atomic E-state index is 8.65. The molecule has 1 aromatic heterocycles. The van der Waals surface area contributed by atoms with Crippen molar-refractivity contribution in [2.45, 2.75) is 18.9 Å². The normalized spacial score (nSPS) is 28.9. The molecule has 0 radical (unpaired) electrons. The van der Waals surface area contributed by atoms with E-state index in [1.165, 1.54) is 0 Å². The van der Waals surface area contributed by atoms with E-state index >= 15 is 0 Å². The highest BCUT2D eigenvalue weighted by Gasteiger charge is 2.39. The molecular formula is C7H9NO3. The largest absolute Gasteiger partial charge is 0.461 e. The van der Waals surface area contributed by atoms with Crippen LogP contribution in [0.4, 0.5) is 0 Å². The summed E-state index contributed by atoms with van der Waals surface area (Å²) in [5.41, 5.74) is 5.40. The standard InChI is InChI=1S/C7H9NO3/c8-7-6(11-7)5-2-1-4(3-9)10-5/h1-2,6-7,9H,3,8H2. The van der Waals surface area contributed by atoms with Crippen LogP contribution in [0.1, 0.15) is 17.6 Å². The number of nitrogens with two attached hydrogens (primary N) is 1. The van der Waals surface area contributed by atoms with Crippen molar-refractivity contribution in [3.63, 3.8) is 0 Å². The molecule has 0 bridgehead atoms. The number of hydrogen-bond acceptors (Lipinski definition) is 4. The fraction of sp³-hybridized carbons (Fsp3) is 0.429. The van der Waals surface area contributed by atoms with E-state index in [2.05, 4.69) is 0 Å². The third kappa shape index (κ3) is 1.16. The number of aliphatic hydroxyl groups excluding tert-OH is 1. The van der Waals surface area contributed by atoms with Crippen molar-refractivity contribution in [1.82, 2.24) is 0 Å². The minimum Gasteiger partial charge on any atom is -0.461 e. The maximum atomic E-state index is 8.65. The van der Waals surface area contributed by atoms with Crippen LogP contribution in [0.3, 0.4) is 0 Å². The molecule has 0 saturated carbocycles. The van der Waals surface area contributed by atoms with Gasteiger partial charge >= 0.3 is 0 Å². The Hall–Kier alpha value is -0.840. The van der Waals surface area contributed by atoms with Gasteiger partial charge in [-0.3, -0.25) is 0 Å². The van der Waals surface area contributed by atoms with E-state index in [0.29, 0.717) is 11.5 Å². The smallest absolute Gasteiger partial charge is 0.156 e. The van der Waals surface area contributed by atoms with Crippen LogP contribution in [-0.2, 0) is 11.3 Å². The van der Waals surface area contributed by atoms with E-state index in [9.17, 15) is 0 Å². The van der Waals surface area contributed by atoms with Crippen LogP contribution >= 0.6 is 0 Å². The Morgan fingerprint density at radius 3 is 2.73 bits per heavy atom. The summed E-state index contributed by atoms with van der Waals surface area (Å²) in [7, 11) is 0. The molecule has 0 aromatic carbocycles. The molecule has 1 aliphatic heterocycles. The Morgan fingerprint density at radius 1 is 1.55 bits per heavy atom. The molecule has 4 heteroatoms. The van der Waals surface area contributed by atoms with Crippen LogP contribution in [0.2, 0.25) is 0 Å². The summed E-state index contributed by atoms with van der Waals surface area (Å²) >= 11 is 0. The number of furan rings is 1. The highest BCUT2D eigenvalue weighted by atomic mass is 16.6. The van der Waals surface area contributed by atoms with Crippen molar-refractivity contribution in [2.24, 2.45) is 5.73 Å². The number of rotatable bonds is 2. The first kappa shape index (κ1) is 6.84. The molecule has 60 valence electrons. The van der Waals surface area contributed by atoms with E-state index in [0.717, 1.165) is 0 Å². The van der Waals surface area contributed by atoms with Gasteiger partial charge in [-0.05, 0) is 12.1 Å². The number of ether oxygens (including phenoxy) is 1. The zero-order chi connectivity index (χ0) is 7.84. The highest BCUT2D eigenvalue weighted by Crippen LogP contribution is 2.35. The Kier molecular flexibility index (Phi) is 1.45. The minimum absolute atomic E-state index is 0.0814. The topological polar surface area (TPSA) is 71.9 Å². The summed E-state index contributed by atoms with van der Waals surface area (Å²) in [5.74, 6) is 1.24. The van der Waals surface area contributed by atoms with E-state index in [4.69, 9.17) is 20.0 Å². The quantitative estimate of drug-likeness (QED) is 0.595. The molecule has 0 aliphatic carbocycles. The van der Waals surface area contributed by atoms with Gasteiger partial charge in [0, 0.05) is 0 Å². The lowest BCUT2D eigenvalue weighted by atomic mass is 10.3. The van der Waals surface area contributed by atoms with Crippen molar-refractivity contribution in [3.05, 3.63) is 23.7 Å². The number of epoxide rings is 1. The van der Waals surface area contributed by atoms with Gasteiger partial charge in [-0.25, -0.2) is 0 Å². The maximum Gasteiger partial charge on any atom is 0.156 e. The van der Waals surface area contributed by atoms with Crippen LogP contribution in [0.15, 0.2) is 16.5 Å². The van der Waals surface area contributed by atoms with Gasteiger partial charge < -0.3 is 20.0 Å². The molecule has 1 aliphatic rings. The molecule has 2 atom stereocenters. The molecule has 2 heterocycles. The van der Waals surface area contributed by atoms with Crippen molar-refractivity contribution >= 4 is 0 Å². The Balaban J connectivity index is 2.13. The molecular weight excluding hydrogens is 146 g/mol. The summed E-state index contributed by atoms with van der Waals surface area (Å²) in [6.07, 6.45) is -0.331. The van der Waals surface area contributed by atoms with E-state index in [1.807, 2.05) is 0 Å². The van der Waals surface area contributed by atoms with Crippen LogP contribution in [0.25, 0.3) is 0 Å². The molecule has 11 heavy (non-hydrogen) atoms.